The van der Waals surface area contributed by atoms with Crippen LogP contribution in [0.4, 0.5) is 0 Å². The lowest BCUT2D eigenvalue weighted by Crippen LogP contribution is -2.23. The van der Waals surface area contributed by atoms with Crippen LogP contribution in [0.15, 0.2) is 24.9 Å². The zero-order valence-electron chi connectivity index (χ0n) is 11.5. The number of imidazole rings is 1. The molecule has 0 amide bonds. The minimum atomic E-state index is 0.736. The Hall–Kier alpha value is -1.66. The number of rotatable bonds is 8. The first-order valence-electron chi connectivity index (χ1n) is 6.57. The summed E-state index contributed by atoms with van der Waals surface area (Å²) in [4.78, 5) is 4.22. The maximum absolute atomic E-state index is 4.99. The molecule has 1 N–H and O–H groups in total. The van der Waals surface area contributed by atoms with Crippen molar-refractivity contribution in [1.29, 1.82) is 0 Å². The predicted molar refractivity (Wildman–Crippen MR) is 73.9 cm³/mol. The molecule has 0 bridgehead atoms. The minimum Gasteiger partial charge on any atom is -0.383 e. The van der Waals surface area contributed by atoms with E-state index < -0.39 is 0 Å². The molecule has 6 nitrogen and oxygen atoms in total. The molecule has 2 heterocycles. The van der Waals surface area contributed by atoms with Gasteiger partial charge in [-0.3, -0.25) is 4.68 Å². The monoisotopic (exact) mass is 263 g/mol. The molecule has 0 aliphatic rings. The zero-order chi connectivity index (χ0) is 13.5. The van der Waals surface area contributed by atoms with Crippen molar-refractivity contribution < 1.29 is 4.74 Å². The molecule has 0 atom stereocenters. The summed E-state index contributed by atoms with van der Waals surface area (Å²) < 4.78 is 9.05. The van der Waals surface area contributed by atoms with Crippen LogP contribution in [-0.4, -0.2) is 46.1 Å². The molecule has 0 aliphatic carbocycles. The van der Waals surface area contributed by atoms with Crippen molar-refractivity contribution in [1.82, 2.24) is 24.6 Å². The summed E-state index contributed by atoms with van der Waals surface area (Å²) >= 11 is 0. The third kappa shape index (κ3) is 3.65. The third-order valence-corrected chi connectivity index (χ3v) is 2.98. The van der Waals surface area contributed by atoms with E-state index in [1.165, 1.54) is 0 Å². The second kappa shape index (κ2) is 7.06. The van der Waals surface area contributed by atoms with E-state index in [1.807, 2.05) is 29.6 Å². The molecular weight excluding hydrogens is 242 g/mol. The van der Waals surface area contributed by atoms with Gasteiger partial charge in [0.25, 0.3) is 0 Å². The molecule has 2 aromatic heterocycles. The van der Waals surface area contributed by atoms with Gasteiger partial charge in [-0.1, -0.05) is 0 Å². The molecule has 104 valence electrons. The molecule has 2 aromatic rings. The third-order valence-electron chi connectivity index (χ3n) is 2.98. The molecule has 0 saturated carbocycles. The number of hydrogen-bond donors (Lipinski definition) is 1. The molecule has 0 saturated heterocycles. The molecule has 0 fully saturated rings. The largest absolute Gasteiger partial charge is 0.383 e. The fourth-order valence-electron chi connectivity index (χ4n) is 1.91. The highest BCUT2D eigenvalue weighted by atomic mass is 16.5. The molecular formula is C13H21N5O. The lowest BCUT2D eigenvalue weighted by atomic mass is 10.3. The van der Waals surface area contributed by atoms with Gasteiger partial charge in [-0.05, 0) is 6.92 Å². The summed E-state index contributed by atoms with van der Waals surface area (Å²) in [6, 6.07) is 0. The van der Waals surface area contributed by atoms with Gasteiger partial charge < -0.3 is 14.6 Å². The van der Waals surface area contributed by atoms with Crippen molar-refractivity contribution in [3.05, 3.63) is 24.9 Å². The highest BCUT2D eigenvalue weighted by Gasteiger charge is 2.06. The van der Waals surface area contributed by atoms with Gasteiger partial charge in [0.2, 0.25) is 0 Å². The Kier molecular flexibility index (Phi) is 5.11. The Morgan fingerprint density at radius 1 is 1.32 bits per heavy atom. The van der Waals surface area contributed by atoms with Gasteiger partial charge >= 0.3 is 0 Å². The summed E-state index contributed by atoms with van der Waals surface area (Å²) in [6.45, 7) is 6.35. The number of ether oxygens (including phenoxy) is 1. The predicted octanol–water partition coefficient (Wildman–Crippen LogP) is 1.00. The molecule has 0 unspecified atom stereocenters. The number of hydrogen-bond acceptors (Lipinski definition) is 4. The first-order valence-corrected chi connectivity index (χ1v) is 6.57. The van der Waals surface area contributed by atoms with Crippen LogP contribution in [0, 0.1) is 0 Å². The van der Waals surface area contributed by atoms with Gasteiger partial charge in [0, 0.05) is 45.0 Å². The fraction of sp³-hybridized carbons (Fsp3) is 0.538. The van der Waals surface area contributed by atoms with Crippen LogP contribution in [0.1, 0.15) is 6.92 Å². The summed E-state index contributed by atoms with van der Waals surface area (Å²) in [5.74, 6) is 0. The van der Waals surface area contributed by atoms with Crippen LogP contribution in [0.25, 0.3) is 11.3 Å². The smallest absolute Gasteiger partial charge is 0.0951 e. The molecule has 0 radical (unpaired) electrons. The first kappa shape index (κ1) is 13.8. The van der Waals surface area contributed by atoms with Gasteiger partial charge in [0.05, 0.1) is 31.0 Å². The van der Waals surface area contributed by atoms with Crippen LogP contribution in [0.2, 0.25) is 0 Å². The van der Waals surface area contributed by atoms with E-state index in [9.17, 15) is 0 Å². The van der Waals surface area contributed by atoms with Crippen LogP contribution < -0.4 is 5.32 Å². The number of nitrogens with one attached hydrogen (secondary N) is 1. The van der Waals surface area contributed by atoms with Crippen LogP contribution in [0.5, 0.6) is 0 Å². The first-order chi connectivity index (χ1) is 9.35. The summed E-state index contributed by atoms with van der Waals surface area (Å²) in [7, 11) is 1.71. The average molecular weight is 263 g/mol. The molecule has 2 rings (SSSR count). The fourth-order valence-corrected chi connectivity index (χ4v) is 1.91. The van der Waals surface area contributed by atoms with Crippen molar-refractivity contribution in [2.45, 2.75) is 20.0 Å². The number of aromatic nitrogens is 4. The SMILES string of the molecule is CCn1cc(-c2cncn2CCNCCOC)cn1. The normalized spacial score (nSPS) is 11.1. The van der Waals surface area contributed by atoms with E-state index in [2.05, 4.69) is 26.9 Å². The van der Waals surface area contributed by atoms with Crippen molar-refractivity contribution in [3.8, 4) is 11.3 Å². The number of aryl methyl sites for hydroxylation is 1. The maximum Gasteiger partial charge on any atom is 0.0951 e. The second-order valence-corrected chi connectivity index (χ2v) is 4.30. The molecule has 0 aliphatic heterocycles. The molecule has 0 spiro atoms. The molecule has 0 aromatic carbocycles. The van der Waals surface area contributed by atoms with E-state index in [4.69, 9.17) is 4.74 Å². The van der Waals surface area contributed by atoms with Crippen LogP contribution >= 0.6 is 0 Å². The van der Waals surface area contributed by atoms with Gasteiger partial charge in [0.15, 0.2) is 0 Å². The number of methoxy groups -OCH3 is 1. The summed E-state index contributed by atoms with van der Waals surface area (Å²) in [5, 5.41) is 7.62. The van der Waals surface area contributed by atoms with E-state index >= 15 is 0 Å². The van der Waals surface area contributed by atoms with Crippen molar-refractivity contribution in [3.63, 3.8) is 0 Å². The highest BCUT2D eigenvalue weighted by Crippen LogP contribution is 2.17. The van der Waals surface area contributed by atoms with Crippen LogP contribution in [0.3, 0.4) is 0 Å². The van der Waals surface area contributed by atoms with E-state index in [-0.39, 0.29) is 0 Å². The lowest BCUT2D eigenvalue weighted by Gasteiger charge is -2.07. The topological polar surface area (TPSA) is 56.9 Å². The van der Waals surface area contributed by atoms with Gasteiger partial charge in [-0.25, -0.2) is 4.98 Å². The Labute approximate surface area is 113 Å². The van der Waals surface area contributed by atoms with Gasteiger partial charge in [-0.15, -0.1) is 0 Å². The van der Waals surface area contributed by atoms with E-state index in [0.29, 0.717) is 0 Å². The summed E-state index contributed by atoms with van der Waals surface area (Å²) in [5.41, 5.74) is 2.21. The quantitative estimate of drug-likeness (QED) is 0.722. The number of nitrogens with zero attached hydrogens (tertiary/aromatic N) is 4. The molecule has 6 heteroatoms. The van der Waals surface area contributed by atoms with Gasteiger partial charge in [0.1, 0.15) is 0 Å². The van der Waals surface area contributed by atoms with Crippen LogP contribution in [-0.2, 0) is 17.8 Å². The van der Waals surface area contributed by atoms with E-state index in [1.54, 1.807) is 7.11 Å². The van der Waals surface area contributed by atoms with Gasteiger partial charge in [-0.2, -0.15) is 5.10 Å². The second-order valence-electron chi connectivity index (χ2n) is 4.30. The highest BCUT2D eigenvalue weighted by molar-refractivity contribution is 5.56. The Morgan fingerprint density at radius 3 is 2.95 bits per heavy atom. The van der Waals surface area contributed by atoms with Crippen molar-refractivity contribution in [2.24, 2.45) is 0 Å². The average Bonchev–Trinajstić information content (AvgIpc) is 3.06. The Morgan fingerprint density at radius 2 is 2.21 bits per heavy atom. The Bertz CT molecular complexity index is 491. The standard InChI is InChI=1S/C13H21N5O/c1-3-18-10-12(8-16-18)13-9-15-11-17(13)6-4-14-5-7-19-2/h8-11,14H,3-7H2,1-2H3. The zero-order valence-corrected chi connectivity index (χ0v) is 11.5. The lowest BCUT2D eigenvalue weighted by molar-refractivity contribution is 0.199. The molecule has 19 heavy (non-hydrogen) atoms. The maximum atomic E-state index is 4.99. The minimum absolute atomic E-state index is 0.736. The van der Waals surface area contributed by atoms with Crippen molar-refractivity contribution in [2.75, 3.05) is 26.8 Å². The van der Waals surface area contributed by atoms with Crippen molar-refractivity contribution >= 4 is 0 Å². The summed E-state index contributed by atoms with van der Waals surface area (Å²) in [6.07, 6.45) is 7.67. The van der Waals surface area contributed by atoms with E-state index in [0.717, 1.165) is 44.0 Å². The Balaban J connectivity index is 1.93.